The third-order valence-electron chi connectivity index (χ3n) is 10.7. The number of hydrogen-bond donors (Lipinski definition) is 4. The lowest BCUT2D eigenvalue weighted by molar-refractivity contribution is -0.326. The summed E-state index contributed by atoms with van der Waals surface area (Å²) in [6.07, 6.45) is 2.77. The second-order valence-corrected chi connectivity index (χ2v) is 17.5. The van der Waals surface area contributed by atoms with E-state index in [1.54, 1.807) is 45.2 Å². The quantitative estimate of drug-likeness (QED) is 0.166. The van der Waals surface area contributed by atoms with E-state index in [2.05, 4.69) is 17.9 Å². The van der Waals surface area contributed by atoms with Gasteiger partial charge in [-0.25, -0.2) is 10.1 Å². The fraction of sp³-hybridized carbons (Fsp3) is 0.667. The molecule has 2 saturated heterocycles. The minimum atomic E-state index is -1.95. The van der Waals surface area contributed by atoms with Gasteiger partial charge in [0.15, 0.2) is 5.72 Å². The zero-order chi connectivity index (χ0) is 40.6. The molecular formula is C39H58ClN3O10S. The number of thiol groups is 1. The Labute approximate surface area is 329 Å². The van der Waals surface area contributed by atoms with E-state index in [1.807, 2.05) is 33.8 Å². The number of carbonyl (C=O) groups excluding carboxylic acids is 3. The molecule has 9 unspecified atom stereocenters. The van der Waals surface area contributed by atoms with E-state index >= 15 is 0 Å². The van der Waals surface area contributed by atoms with Gasteiger partial charge in [-0.1, -0.05) is 56.2 Å². The summed E-state index contributed by atoms with van der Waals surface area (Å²) >= 11 is 11.3. The largest absolute Gasteiger partial charge is 0.495 e. The monoisotopic (exact) mass is 795 g/mol. The third-order valence-corrected chi connectivity index (χ3v) is 11.3. The molecule has 3 N–H and O–H groups in total. The standard InChI is InChI=1S/C39H58ClN3O10S/c1-22-13-12-14-29(50-11)39(48)21-28(52-38(7,47)41-39)23(2)34-37(6,53-34)30(51-35(46)24(3)42(8)31(44)15-16-36(4,5)54)20-32(45)43(9)26-18-25(17-22)19-27(49-10)33(26)40/h12-14,18-19,23-24,28-30,34,41,47-48,54H,15-17,20-21H2,1-11H3. The first-order valence-corrected chi connectivity index (χ1v) is 19.1. The molecule has 302 valence electrons. The number of amides is 2. The minimum absolute atomic E-state index is 0.00488. The van der Waals surface area contributed by atoms with Gasteiger partial charge in [-0.15, -0.1) is 0 Å². The maximum atomic E-state index is 14.2. The highest BCUT2D eigenvalue weighted by Crippen LogP contribution is 2.50. The van der Waals surface area contributed by atoms with Crippen LogP contribution in [0.2, 0.25) is 5.02 Å². The van der Waals surface area contributed by atoms with Gasteiger partial charge in [-0.05, 0) is 51.3 Å². The lowest BCUT2D eigenvalue weighted by Gasteiger charge is -2.49. The molecule has 0 radical (unpaired) electrons. The van der Waals surface area contributed by atoms with Crippen molar-refractivity contribution in [3.05, 3.63) is 46.5 Å². The Morgan fingerprint density at radius 2 is 1.89 bits per heavy atom. The molecule has 0 aromatic heterocycles. The smallest absolute Gasteiger partial charge is 0.328 e. The van der Waals surface area contributed by atoms with E-state index in [1.165, 1.54) is 38.0 Å². The van der Waals surface area contributed by atoms with Crippen LogP contribution in [0.4, 0.5) is 5.69 Å². The van der Waals surface area contributed by atoms with Gasteiger partial charge in [0.2, 0.25) is 17.7 Å². The molecular weight excluding hydrogens is 738 g/mol. The first-order valence-electron chi connectivity index (χ1n) is 18.2. The number of benzene rings is 1. The van der Waals surface area contributed by atoms with Crippen LogP contribution in [0, 0.1) is 5.92 Å². The summed E-state index contributed by atoms with van der Waals surface area (Å²) in [4.78, 5) is 43.8. The highest BCUT2D eigenvalue weighted by atomic mass is 35.5. The predicted molar refractivity (Wildman–Crippen MR) is 208 cm³/mol. The van der Waals surface area contributed by atoms with Crippen LogP contribution in [-0.4, -0.2) is 114 Å². The van der Waals surface area contributed by atoms with E-state index in [-0.39, 0.29) is 34.9 Å². The molecule has 2 fully saturated rings. The van der Waals surface area contributed by atoms with Crippen molar-refractivity contribution < 1.29 is 48.3 Å². The number of esters is 1. The number of ether oxygens (including phenoxy) is 5. The zero-order valence-electron chi connectivity index (χ0n) is 33.3. The summed E-state index contributed by atoms with van der Waals surface area (Å²) in [7, 11) is 6.08. The molecule has 4 bridgehead atoms. The van der Waals surface area contributed by atoms with E-state index in [0.717, 1.165) is 11.1 Å². The van der Waals surface area contributed by atoms with Crippen LogP contribution in [0.5, 0.6) is 5.75 Å². The maximum Gasteiger partial charge on any atom is 0.328 e. The zero-order valence-corrected chi connectivity index (χ0v) is 34.9. The Morgan fingerprint density at radius 3 is 2.50 bits per heavy atom. The molecule has 4 rings (SSSR count). The molecule has 0 spiro atoms. The highest BCUT2D eigenvalue weighted by Gasteiger charge is 2.65. The van der Waals surface area contributed by atoms with Crippen LogP contribution in [0.15, 0.2) is 35.9 Å². The van der Waals surface area contributed by atoms with Gasteiger partial charge in [0, 0.05) is 51.6 Å². The molecule has 3 aliphatic rings. The van der Waals surface area contributed by atoms with E-state index in [9.17, 15) is 24.6 Å². The molecule has 54 heavy (non-hydrogen) atoms. The minimum Gasteiger partial charge on any atom is -0.495 e. The summed E-state index contributed by atoms with van der Waals surface area (Å²) in [5, 5.41) is 26.2. The van der Waals surface area contributed by atoms with Gasteiger partial charge < -0.3 is 43.7 Å². The first kappa shape index (κ1) is 44.0. The van der Waals surface area contributed by atoms with Crippen molar-refractivity contribution in [3.8, 4) is 5.75 Å². The number of epoxide rings is 1. The lowest BCUT2D eigenvalue weighted by Crippen LogP contribution is -2.70. The summed E-state index contributed by atoms with van der Waals surface area (Å²) < 4.78 is 29.4. The number of fused-ring (bicyclic) bond motifs is 5. The van der Waals surface area contributed by atoms with Gasteiger partial charge in [-0.3, -0.25) is 9.59 Å². The molecule has 9 atom stereocenters. The van der Waals surface area contributed by atoms with E-state index < -0.39 is 65.5 Å². The van der Waals surface area contributed by atoms with Crippen molar-refractivity contribution in [2.75, 3.05) is 33.2 Å². The number of methoxy groups -OCH3 is 2. The molecule has 1 aromatic carbocycles. The van der Waals surface area contributed by atoms with Crippen LogP contribution in [0.3, 0.4) is 0 Å². The van der Waals surface area contributed by atoms with Crippen molar-refractivity contribution in [3.63, 3.8) is 0 Å². The van der Waals surface area contributed by atoms with E-state index in [4.69, 9.17) is 35.3 Å². The number of hydrogen-bond acceptors (Lipinski definition) is 12. The number of allylic oxidation sites excluding steroid dienone is 3. The molecule has 15 heteroatoms. The summed E-state index contributed by atoms with van der Waals surface area (Å²) in [5.41, 5.74) is -0.805. The molecule has 3 heterocycles. The normalized spacial score (nSPS) is 32.6. The SMILES string of the molecule is COc1cc2cc(c1Cl)N(C)C(=O)CC(OC(=O)C(C)N(C)C(=O)CCC(C)(C)S)C1(C)OC1C(C)C1CC(O)(NC(C)(O)O1)C(OC)C=CC=C(C)C2. The number of rotatable bonds is 8. The molecule has 13 nitrogen and oxygen atoms in total. The second-order valence-electron chi connectivity index (χ2n) is 15.9. The Bertz CT molecular complexity index is 1630. The van der Waals surface area contributed by atoms with Crippen LogP contribution in [0.1, 0.15) is 79.7 Å². The summed E-state index contributed by atoms with van der Waals surface area (Å²) in [6, 6.07) is 2.63. The van der Waals surface area contributed by atoms with Gasteiger partial charge in [0.25, 0.3) is 0 Å². The predicted octanol–water partition coefficient (Wildman–Crippen LogP) is 4.55. The van der Waals surface area contributed by atoms with E-state index in [0.29, 0.717) is 24.3 Å². The van der Waals surface area contributed by atoms with Crippen molar-refractivity contribution >= 4 is 47.7 Å². The average molecular weight is 796 g/mol. The molecule has 0 aliphatic carbocycles. The van der Waals surface area contributed by atoms with Gasteiger partial charge in [0.1, 0.15) is 34.6 Å². The van der Waals surface area contributed by atoms with Crippen molar-refractivity contribution in [2.45, 2.75) is 133 Å². The lowest BCUT2D eigenvalue weighted by atomic mass is 9.83. The number of anilines is 1. The average Bonchev–Trinajstić information content (AvgIpc) is 3.78. The van der Waals surface area contributed by atoms with Crippen LogP contribution in [-0.2, 0) is 39.8 Å². The maximum absolute atomic E-state index is 14.2. The van der Waals surface area contributed by atoms with Crippen LogP contribution in [0.25, 0.3) is 0 Å². The number of nitrogens with zero attached hydrogens (tertiary/aromatic N) is 2. The van der Waals surface area contributed by atoms with Crippen molar-refractivity contribution in [1.82, 2.24) is 10.2 Å². The highest BCUT2D eigenvalue weighted by molar-refractivity contribution is 7.81. The Kier molecular flexibility index (Phi) is 13.7. The van der Waals surface area contributed by atoms with Gasteiger partial charge >= 0.3 is 5.97 Å². The molecule has 1 aromatic rings. The molecule has 3 aliphatic heterocycles. The number of aliphatic hydroxyl groups is 2. The van der Waals surface area contributed by atoms with Crippen LogP contribution >= 0.6 is 24.2 Å². The van der Waals surface area contributed by atoms with Gasteiger partial charge in [-0.2, -0.15) is 12.6 Å². The van der Waals surface area contributed by atoms with Crippen molar-refractivity contribution in [1.29, 1.82) is 0 Å². The first-order chi connectivity index (χ1) is 24.9. The van der Waals surface area contributed by atoms with Gasteiger partial charge in [0.05, 0.1) is 31.4 Å². The fourth-order valence-corrected chi connectivity index (χ4v) is 7.61. The van der Waals surface area contributed by atoms with Crippen molar-refractivity contribution in [2.24, 2.45) is 5.92 Å². The topological polar surface area (TPSA) is 160 Å². The van der Waals surface area contributed by atoms with Crippen LogP contribution < -0.4 is 15.0 Å². The number of halogens is 1. The Balaban J connectivity index is 1.76. The Hall–Kier alpha value is -2.69. The summed E-state index contributed by atoms with van der Waals surface area (Å²) in [6.45, 7) is 12.3. The molecule has 2 amide bonds. The number of likely N-dealkylation sites (N-methyl/N-ethyl adjacent to an activating group) is 1. The third kappa shape index (κ3) is 10.2. The number of nitrogens with one attached hydrogen (secondary N) is 1. The Morgan fingerprint density at radius 1 is 1.22 bits per heavy atom. The summed E-state index contributed by atoms with van der Waals surface area (Å²) in [5.74, 6) is -3.45. The molecule has 0 saturated carbocycles. The fourth-order valence-electron chi connectivity index (χ4n) is 7.19. The number of carbonyl (C=O) groups is 3. The second kappa shape index (κ2) is 16.8.